The Morgan fingerprint density at radius 2 is 1.81 bits per heavy atom. The van der Waals surface area contributed by atoms with Crippen molar-refractivity contribution in [2.24, 2.45) is 14.1 Å². The van der Waals surface area contributed by atoms with Crippen molar-refractivity contribution in [2.45, 2.75) is 13.8 Å². The van der Waals surface area contributed by atoms with Crippen LogP contribution in [0.15, 0.2) is 6.20 Å². The fourth-order valence-corrected chi connectivity index (χ4v) is 1.18. The second kappa shape index (κ2) is 6.15. The van der Waals surface area contributed by atoms with Crippen molar-refractivity contribution in [3.05, 3.63) is 17.7 Å². The molecule has 1 aromatic heterocycles. The van der Waals surface area contributed by atoms with E-state index >= 15 is 0 Å². The Hall–Kier alpha value is -0.680. The first kappa shape index (κ1) is 15.3. The van der Waals surface area contributed by atoms with E-state index < -0.39 is 7.82 Å². The molecule has 1 aromatic rings. The zero-order valence-electron chi connectivity index (χ0n) is 10.6. The van der Waals surface area contributed by atoms with Gasteiger partial charge in [0.2, 0.25) is 0 Å². The molecule has 0 atom stereocenters. The minimum absolute atomic E-state index is 1.04. The Bertz CT molecular complexity index is 359. The molecule has 16 heavy (non-hydrogen) atoms. The summed E-state index contributed by atoms with van der Waals surface area (Å²) < 4.78 is 22.0. The van der Waals surface area contributed by atoms with Gasteiger partial charge in [0.1, 0.15) is 11.9 Å². The molecule has 0 aliphatic heterocycles. The highest BCUT2D eigenvalue weighted by Gasteiger charge is 2.07. The molecule has 0 amide bonds. The minimum Gasteiger partial charge on any atom is -0.756 e. The molecule has 94 valence electrons. The number of imidazole rings is 1. The Kier molecular flexibility index (Phi) is 5.89. The molecule has 0 spiro atoms. The summed E-state index contributed by atoms with van der Waals surface area (Å²) in [7, 11) is 2.31. The number of nitrogens with zero attached hydrogens (tertiary/aromatic N) is 2. The summed E-state index contributed by atoms with van der Waals surface area (Å²) in [6, 6.07) is 0. The maximum absolute atomic E-state index is 9.95. The monoisotopic (exact) mass is 250 g/mol. The van der Waals surface area contributed by atoms with Crippen LogP contribution in [0.4, 0.5) is 0 Å². The first-order valence-electron chi connectivity index (χ1n) is 4.66. The third-order valence-corrected chi connectivity index (χ3v) is 3.25. The molecule has 1 rings (SSSR count). The van der Waals surface area contributed by atoms with Gasteiger partial charge < -0.3 is 13.9 Å². The first-order valence-corrected chi connectivity index (χ1v) is 6.12. The number of hydrogen-bond donors (Lipinski definition) is 0. The molecule has 0 aliphatic rings. The van der Waals surface area contributed by atoms with E-state index in [1.807, 2.05) is 0 Å². The van der Waals surface area contributed by atoms with E-state index in [2.05, 4.69) is 52.3 Å². The third-order valence-electron chi connectivity index (χ3n) is 2.35. The fourth-order valence-electron chi connectivity index (χ4n) is 1.03. The van der Waals surface area contributed by atoms with Gasteiger partial charge in [0, 0.05) is 28.1 Å². The quantitative estimate of drug-likeness (QED) is 0.556. The van der Waals surface area contributed by atoms with E-state index in [9.17, 15) is 9.46 Å². The molecule has 0 bridgehead atoms. The molecule has 0 fully saturated rings. The van der Waals surface area contributed by atoms with Crippen LogP contribution in [0.5, 0.6) is 0 Å². The van der Waals surface area contributed by atoms with E-state index in [0.29, 0.717) is 0 Å². The van der Waals surface area contributed by atoms with Crippen molar-refractivity contribution in [1.29, 1.82) is 0 Å². The molecular weight excluding hydrogens is 231 g/mol. The molecule has 0 unspecified atom stereocenters. The summed E-state index contributed by atoms with van der Waals surface area (Å²) >= 11 is 0. The van der Waals surface area contributed by atoms with Crippen molar-refractivity contribution in [3.8, 4) is 0 Å². The molecule has 7 heteroatoms. The van der Waals surface area contributed by atoms with Crippen molar-refractivity contribution < 1.29 is 23.1 Å². The molecule has 6 nitrogen and oxygen atoms in total. The van der Waals surface area contributed by atoms with Gasteiger partial charge in [-0.2, -0.15) is 0 Å². The zero-order valence-corrected chi connectivity index (χ0v) is 11.4. The predicted octanol–water partition coefficient (Wildman–Crippen LogP) is 0.214. The second-order valence-electron chi connectivity index (χ2n) is 3.30. The molecular formula is C9H19N2O4P. The van der Waals surface area contributed by atoms with Crippen LogP contribution >= 0.6 is 7.82 Å². The van der Waals surface area contributed by atoms with Gasteiger partial charge in [0.15, 0.2) is 0 Å². The summed E-state index contributed by atoms with van der Waals surface area (Å²) in [6.07, 6.45) is 2.12. The Morgan fingerprint density at radius 3 is 1.88 bits per heavy atom. The third kappa shape index (κ3) is 4.45. The zero-order chi connectivity index (χ0) is 12.9. The summed E-state index contributed by atoms with van der Waals surface area (Å²) in [4.78, 5) is 9.95. The highest BCUT2D eigenvalue weighted by atomic mass is 31.2. The summed E-state index contributed by atoms with van der Waals surface area (Å²) in [5, 5.41) is 0. The molecule has 0 saturated carbocycles. The van der Waals surface area contributed by atoms with Crippen molar-refractivity contribution in [2.75, 3.05) is 14.2 Å². The van der Waals surface area contributed by atoms with Crippen molar-refractivity contribution in [3.63, 3.8) is 0 Å². The van der Waals surface area contributed by atoms with Gasteiger partial charge in [-0.05, 0) is 0 Å². The maximum Gasteiger partial charge on any atom is 0.267 e. The number of phosphoric acid groups is 1. The Morgan fingerprint density at radius 1 is 1.38 bits per heavy atom. The number of aromatic nitrogens is 2. The van der Waals surface area contributed by atoms with E-state index in [0.717, 1.165) is 14.2 Å². The Labute approximate surface area is 96.0 Å². The van der Waals surface area contributed by atoms with Gasteiger partial charge in [0.05, 0.1) is 14.1 Å². The normalized spacial score (nSPS) is 10.9. The summed E-state index contributed by atoms with van der Waals surface area (Å²) in [6.45, 7) is 4.21. The van der Waals surface area contributed by atoms with Crippen LogP contribution in [0, 0.1) is 13.8 Å². The minimum atomic E-state index is -3.90. The average molecular weight is 250 g/mol. The highest BCUT2D eigenvalue weighted by Crippen LogP contribution is 2.34. The largest absolute Gasteiger partial charge is 0.756 e. The van der Waals surface area contributed by atoms with E-state index in [1.54, 1.807) is 0 Å². The van der Waals surface area contributed by atoms with Crippen LogP contribution in [0.25, 0.3) is 0 Å². The number of phosphoric ester groups is 1. The van der Waals surface area contributed by atoms with Crippen LogP contribution in [-0.4, -0.2) is 18.8 Å². The Balaban J connectivity index is 0.000000293. The lowest BCUT2D eigenvalue weighted by atomic mass is 10.5. The van der Waals surface area contributed by atoms with Crippen LogP contribution in [-0.2, 0) is 27.7 Å². The SMILES string of the molecule is COP(=O)([O-])OC.Cc1c[n+](C)c(C)n1C. The van der Waals surface area contributed by atoms with Gasteiger partial charge >= 0.3 is 0 Å². The summed E-state index contributed by atoms with van der Waals surface area (Å²) in [5.41, 5.74) is 1.30. The molecule has 0 aromatic carbocycles. The average Bonchev–Trinajstić information content (AvgIpc) is 2.47. The van der Waals surface area contributed by atoms with Crippen LogP contribution in [0.1, 0.15) is 11.5 Å². The standard InChI is InChI=1S/C7H13N2.C2H7O4P/c1-6-5-8(3)7(2)9(6)4;1-5-7(3,4)6-2/h5H,1-4H3;1-2H3,(H,3,4)/q+1;/p-1. The van der Waals surface area contributed by atoms with Crippen molar-refractivity contribution >= 4 is 7.82 Å². The van der Waals surface area contributed by atoms with Crippen LogP contribution in [0.3, 0.4) is 0 Å². The van der Waals surface area contributed by atoms with Gasteiger partial charge in [-0.15, -0.1) is 0 Å². The first-order chi connectivity index (χ1) is 7.25. The smallest absolute Gasteiger partial charge is 0.267 e. The molecule has 1 heterocycles. The van der Waals surface area contributed by atoms with Gasteiger partial charge in [-0.3, -0.25) is 4.57 Å². The lowest BCUT2D eigenvalue weighted by Crippen LogP contribution is -2.29. The molecule has 0 saturated heterocycles. The fraction of sp³-hybridized carbons (Fsp3) is 0.667. The topological polar surface area (TPSA) is 67.4 Å². The molecule has 0 aliphatic carbocycles. The maximum atomic E-state index is 9.95. The highest BCUT2D eigenvalue weighted by molar-refractivity contribution is 7.45. The number of rotatable bonds is 2. The number of aryl methyl sites for hydroxylation is 2. The van der Waals surface area contributed by atoms with Gasteiger partial charge in [0.25, 0.3) is 13.6 Å². The summed E-state index contributed by atoms with van der Waals surface area (Å²) in [5.74, 6) is 1.28. The second-order valence-corrected chi connectivity index (χ2v) is 4.92. The van der Waals surface area contributed by atoms with E-state index in [-0.39, 0.29) is 0 Å². The van der Waals surface area contributed by atoms with E-state index in [4.69, 9.17) is 0 Å². The van der Waals surface area contributed by atoms with E-state index in [1.165, 1.54) is 11.5 Å². The van der Waals surface area contributed by atoms with Gasteiger partial charge in [-0.1, -0.05) is 0 Å². The van der Waals surface area contributed by atoms with Crippen LogP contribution < -0.4 is 9.46 Å². The lowest BCUT2D eigenvalue weighted by Gasteiger charge is -2.16. The molecule has 0 radical (unpaired) electrons. The predicted molar refractivity (Wildman–Crippen MR) is 57.7 cm³/mol. The molecule has 0 N–H and O–H groups in total. The van der Waals surface area contributed by atoms with Gasteiger partial charge in [-0.25, -0.2) is 9.13 Å². The lowest BCUT2D eigenvalue weighted by molar-refractivity contribution is -0.677. The van der Waals surface area contributed by atoms with Crippen LogP contribution in [0.2, 0.25) is 0 Å². The van der Waals surface area contributed by atoms with Crippen molar-refractivity contribution in [1.82, 2.24) is 4.57 Å². The number of hydrogen-bond acceptors (Lipinski definition) is 4.